The number of amides is 1. The fourth-order valence-corrected chi connectivity index (χ4v) is 3.09. The minimum absolute atomic E-state index is 0.0118. The van der Waals surface area contributed by atoms with Crippen molar-refractivity contribution in [3.8, 4) is 5.88 Å². The molecule has 0 unspecified atom stereocenters. The summed E-state index contributed by atoms with van der Waals surface area (Å²) in [7, 11) is 0. The molecule has 1 aliphatic heterocycles. The number of rotatable bonds is 4. The van der Waals surface area contributed by atoms with Gasteiger partial charge in [0.15, 0.2) is 5.69 Å². The van der Waals surface area contributed by atoms with Crippen molar-refractivity contribution < 1.29 is 9.53 Å². The van der Waals surface area contributed by atoms with Crippen molar-refractivity contribution in [2.45, 2.75) is 38.8 Å². The molecule has 128 valence electrons. The zero-order chi connectivity index (χ0) is 17.1. The summed E-state index contributed by atoms with van der Waals surface area (Å²) in [6, 6.07) is 3.58. The van der Waals surface area contributed by atoms with E-state index in [-0.39, 0.29) is 23.7 Å². The van der Waals surface area contributed by atoms with Crippen molar-refractivity contribution in [2.24, 2.45) is 0 Å². The standard InChI is InChI=1S/C17H21ClN4O2/c1-12(2)24-15-6-5-14(18)16(20-15)17(23)21-8-3-4-13(10-21)22-9-7-19-11-22/h5-7,9,11-13H,3-4,8,10H2,1-2H3/t13-/m1/s1. The van der Waals surface area contributed by atoms with Gasteiger partial charge in [-0.3, -0.25) is 4.79 Å². The zero-order valence-electron chi connectivity index (χ0n) is 13.9. The normalized spacial score (nSPS) is 18.0. The lowest BCUT2D eigenvalue weighted by Gasteiger charge is -2.33. The number of ether oxygens (including phenoxy) is 1. The molecule has 24 heavy (non-hydrogen) atoms. The predicted octanol–water partition coefficient (Wildman–Crippen LogP) is 3.20. The van der Waals surface area contributed by atoms with Crippen LogP contribution in [0.3, 0.4) is 0 Å². The van der Waals surface area contributed by atoms with Crippen LogP contribution in [0.2, 0.25) is 5.02 Å². The monoisotopic (exact) mass is 348 g/mol. The average molecular weight is 349 g/mol. The first-order valence-electron chi connectivity index (χ1n) is 8.14. The van der Waals surface area contributed by atoms with Gasteiger partial charge in [0, 0.05) is 31.5 Å². The van der Waals surface area contributed by atoms with E-state index in [0.29, 0.717) is 24.0 Å². The molecule has 0 bridgehead atoms. The molecule has 1 aliphatic rings. The van der Waals surface area contributed by atoms with Gasteiger partial charge in [0.1, 0.15) is 0 Å². The Morgan fingerprint density at radius 1 is 1.42 bits per heavy atom. The van der Waals surface area contributed by atoms with E-state index in [0.717, 1.165) is 12.8 Å². The minimum atomic E-state index is -0.154. The molecule has 1 fully saturated rings. The van der Waals surface area contributed by atoms with Gasteiger partial charge in [0.2, 0.25) is 5.88 Å². The minimum Gasteiger partial charge on any atom is -0.475 e. The van der Waals surface area contributed by atoms with E-state index in [9.17, 15) is 4.79 Å². The molecule has 0 spiro atoms. The molecule has 0 aliphatic carbocycles. The predicted molar refractivity (Wildman–Crippen MR) is 91.4 cm³/mol. The molecule has 1 atom stereocenters. The van der Waals surface area contributed by atoms with Crippen LogP contribution < -0.4 is 4.74 Å². The van der Waals surface area contributed by atoms with E-state index >= 15 is 0 Å². The summed E-state index contributed by atoms with van der Waals surface area (Å²) in [5, 5.41) is 0.348. The Hall–Kier alpha value is -2.08. The number of pyridine rings is 1. The second kappa shape index (κ2) is 7.21. The van der Waals surface area contributed by atoms with Crippen LogP contribution in [0.15, 0.2) is 30.9 Å². The lowest BCUT2D eigenvalue weighted by Crippen LogP contribution is -2.41. The van der Waals surface area contributed by atoms with E-state index in [4.69, 9.17) is 16.3 Å². The largest absolute Gasteiger partial charge is 0.475 e. The SMILES string of the molecule is CC(C)Oc1ccc(Cl)c(C(=O)N2CCC[C@@H](n3ccnc3)C2)n1. The van der Waals surface area contributed by atoms with Crippen molar-refractivity contribution in [3.05, 3.63) is 41.6 Å². The molecule has 2 aromatic rings. The molecule has 0 radical (unpaired) electrons. The Morgan fingerprint density at radius 2 is 2.25 bits per heavy atom. The second-order valence-electron chi connectivity index (χ2n) is 6.20. The highest BCUT2D eigenvalue weighted by Crippen LogP contribution is 2.25. The molecule has 2 aromatic heterocycles. The van der Waals surface area contributed by atoms with Gasteiger partial charge >= 0.3 is 0 Å². The van der Waals surface area contributed by atoms with Crippen molar-refractivity contribution in [1.29, 1.82) is 0 Å². The van der Waals surface area contributed by atoms with Crippen molar-refractivity contribution in [2.75, 3.05) is 13.1 Å². The third kappa shape index (κ3) is 3.70. The highest BCUT2D eigenvalue weighted by atomic mass is 35.5. The summed E-state index contributed by atoms with van der Waals surface area (Å²) < 4.78 is 7.62. The number of carbonyl (C=O) groups is 1. The maximum Gasteiger partial charge on any atom is 0.274 e. The first-order chi connectivity index (χ1) is 11.5. The number of hydrogen-bond acceptors (Lipinski definition) is 4. The van der Waals surface area contributed by atoms with E-state index in [1.54, 1.807) is 24.7 Å². The number of likely N-dealkylation sites (tertiary alicyclic amines) is 1. The second-order valence-corrected chi connectivity index (χ2v) is 6.61. The van der Waals surface area contributed by atoms with Crippen LogP contribution in [-0.2, 0) is 0 Å². The summed E-state index contributed by atoms with van der Waals surface area (Å²) in [6.45, 7) is 5.16. The maximum absolute atomic E-state index is 12.9. The quantitative estimate of drug-likeness (QED) is 0.851. The number of carbonyl (C=O) groups excluding carboxylic acids is 1. The van der Waals surface area contributed by atoms with Gasteiger partial charge in [-0.1, -0.05) is 11.6 Å². The number of aromatic nitrogens is 3. The number of nitrogens with zero attached hydrogens (tertiary/aromatic N) is 4. The van der Waals surface area contributed by atoms with E-state index in [1.165, 1.54) is 0 Å². The highest BCUT2D eigenvalue weighted by molar-refractivity contribution is 6.33. The van der Waals surface area contributed by atoms with Gasteiger partial charge in [-0.25, -0.2) is 9.97 Å². The topological polar surface area (TPSA) is 60.2 Å². The van der Waals surface area contributed by atoms with Gasteiger partial charge in [-0.05, 0) is 32.8 Å². The summed E-state index contributed by atoms with van der Waals surface area (Å²) in [5.74, 6) is 0.264. The van der Waals surface area contributed by atoms with Gasteiger partial charge in [0.05, 0.1) is 23.5 Å². The van der Waals surface area contributed by atoms with E-state index < -0.39 is 0 Å². The number of halogens is 1. The fourth-order valence-electron chi connectivity index (χ4n) is 2.90. The Bertz CT molecular complexity index is 703. The van der Waals surface area contributed by atoms with Crippen LogP contribution in [0.5, 0.6) is 5.88 Å². The average Bonchev–Trinajstić information content (AvgIpc) is 3.10. The van der Waals surface area contributed by atoms with Gasteiger partial charge in [-0.15, -0.1) is 0 Å². The first-order valence-corrected chi connectivity index (χ1v) is 8.52. The molecule has 6 nitrogen and oxygen atoms in total. The molecule has 7 heteroatoms. The molecule has 1 amide bonds. The van der Waals surface area contributed by atoms with E-state index in [1.807, 2.05) is 29.5 Å². The third-order valence-corrected chi connectivity index (χ3v) is 4.31. The number of hydrogen-bond donors (Lipinski definition) is 0. The van der Waals surface area contributed by atoms with Crippen molar-refractivity contribution in [3.63, 3.8) is 0 Å². The molecule has 3 heterocycles. The number of imidazole rings is 1. The molecule has 0 N–H and O–H groups in total. The molecular formula is C17H21ClN4O2. The van der Waals surface area contributed by atoms with Crippen molar-refractivity contribution in [1.82, 2.24) is 19.4 Å². The van der Waals surface area contributed by atoms with Crippen molar-refractivity contribution >= 4 is 17.5 Å². The summed E-state index contributed by atoms with van der Waals surface area (Å²) >= 11 is 6.20. The third-order valence-electron chi connectivity index (χ3n) is 4.01. The van der Waals surface area contributed by atoms with Gasteiger partial charge < -0.3 is 14.2 Å². The molecule has 3 rings (SSSR count). The smallest absolute Gasteiger partial charge is 0.274 e. The van der Waals surface area contributed by atoms with E-state index in [2.05, 4.69) is 9.97 Å². The van der Waals surface area contributed by atoms with Crippen LogP contribution in [0.1, 0.15) is 43.2 Å². The van der Waals surface area contributed by atoms with Gasteiger partial charge in [-0.2, -0.15) is 0 Å². The maximum atomic E-state index is 12.9. The zero-order valence-corrected chi connectivity index (χ0v) is 14.6. The highest BCUT2D eigenvalue weighted by Gasteiger charge is 2.27. The van der Waals surface area contributed by atoms with Gasteiger partial charge in [0.25, 0.3) is 5.91 Å². The van der Waals surface area contributed by atoms with Crippen LogP contribution in [0.25, 0.3) is 0 Å². The lowest BCUT2D eigenvalue weighted by molar-refractivity contribution is 0.0672. The van der Waals surface area contributed by atoms with Crippen LogP contribution in [0, 0.1) is 0 Å². The molecule has 0 aromatic carbocycles. The number of piperidine rings is 1. The lowest BCUT2D eigenvalue weighted by atomic mass is 10.1. The Labute approximate surface area is 146 Å². The van der Waals surface area contributed by atoms with Crippen LogP contribution in [-0.4, -0.2) is 44.5 Å². The fraction of sp³-hybridized carbons (Fsp3) is 0.471. The van der Waals surface area contributed by atoms with Crippen LogP contribution in [0.4, 0.5) is 0 Å². The summed E-state index contributed by atoms with van der Waals surface area (Å²) in [5.41, 5.74) is 0.251. The summed E-state index contributed by atoms with van der Waals surface area (Å²) in [4.78, 5) is 23.1. The first kappa shape index (κ1) is 16.8. The Kier molecular flexibility index (Phi) is 5.04. The molecule has 0 saturated carbocycles. The Morgan fingerprint density at radius 3 is 2.96 bits per heavy atom. The Balaban J connectivity index is 1.78. The summed E-state index contributed by atoms with van der Waals surface area (Å²) in [6.07, 6.45) is 7.43. The van der Waals surface area contributed by atoms with Crippen LogP contribution >= 0.6 is 11.6 Å². The molecule has 1 saturated heterocycles. The molecular weight excluding hydrogens is 328 g/mol.